The van der Waals surface area contributed by atoms with Gasteiger partial charge in [0.05, 0.1) is 44.7 Å². The Morgan fingerprint density at radius 1 is 0.812 bits per heavy atom. The Balaban J connectivity index is 2.01. The van der Waals surface area contributed by atoms with Gasteiger partial charge in [-0.25, -0.2) is 4.79 Å². The molecule has 4 rings (SSSR count). The molecule has 0 bridgehead atoms. The molecule has 32 heavy (non-hydrogen) atoms. The molecule has 162 valence electrons. The molecule has 0 radical (unpaired) electrons. The molecule has 0 saturated heterocycles. The van der Waals surface area contributed by atoms with E-state index in [1.165, 1.54) is 21.3 Å². The molecule has 6 nitrogen and oxygen atoms in total. The Morgan fingerprint density at radius 3 is 1.94 bits per heavy atom. The van der Waals surface area contributed by atoms with Gasteiger partial charge < -0.3 is 19.1 Å². The average Bonchev–Trinajstić information content (AvgIpc) is 3.10. The Morgan fingerprint density at radius 2 is 1.38 bits per heavy atom. The highest BCUT2D eigenvalue weighted by Crippen LogP contribution is 2.44. The third-order valence-corrected chi connectivity index (χ3v) is 5.40. The first-order valence-electron chi connectivity index (χ1n) is 10.1. The van der Waals surface area contributed by atoms with Crippen LogP contribution in [-0.4, -0.2) is 38.1 Å². The minimum absolute atomic E-state index is 0.225. The summed E-state index contributed by atoms with van der Waals surface area (Å²) in [5.74, 6) is 0.159. The van der Waals surface area contributed by atoms with Gasteiger partial charge in [-0.3, -0.25) is 4.79 Å². The molecule has 0 N–H and O–H groups in total. The van der Waals surface area contributed by atoms with Gasteiger partial charge in [0.25, 0.3) is 5.91 Å². The maximum Gasteiger partial charge on any atom is 0.340 e. The van der Waals surface area contributed by atoms with Gasteiger partial charge in [0.2, 0.25) is 0 Å². The van der Waals surface area contributed by atoms with Crippen LogP contribution in [0.2, 0.25) is 0 Å². The van der Waals surface area contributed by atoms with E-state index in [9.17, 15) is 9.59 Å². The van der Waals surface area contributed by atoms with E-state index >= 15 is 0 Å². The van der Waals surface area contributed by atoms with Gasteiger partial charge in [-0.05, 0) is 23.3 Å². The summed E-state index contributed by atoms with van der Waals surface area (Å²) in [5, 5.41) is 0. The highest BCUT2D eigenvalue weighted by Gasteiger charge is 2.38. The lowest BCUT2D eigenvalue weighted by molar-refractivity contribution is -0.133. The Kier molecular flexibility index (Phi) is 5.94. The first kappa shape index (κ1) is 21.2. The maximum atomic E-state index is 13.6. The molecule has 0 aromatic heterocycles. The number of carbonyl (C=O) groups excluding carboxylic acids is 2. The molecule has 0 aliphatic carbocycles. The number of carbonyl (C=O) groups is 2. The van der Waals surface area contributed by atoms with Crippen LogP contribution in [0.1, 0.15) is 27.0 Å². The summed E-state index contributed by atoms with van der Waals surface area (Å²) >= 11 is 0. The fourth-order valence-electron chi connectivity index (χ4n) is 3.89. The van der Waals surface area contributed by atoms with E-state index in [2.05, 4.69) is 0 Å². The molecule has 3 aromatic carbocycles. The molecule has 0 fully saturated rings. The third kappa shape index (κ3) is 3.71. The van der Waals surface area contributed by atoms with Crippen molar-refractivity contribution in [2.45, 2.75) is 6.54 Å². The van der Waals surface area contributed by atoms with Crippen LogP contribution in [0.3, 0.4) is 0 Å². The quantitative estimate of drug-likeness (QED) is 0.429. The third-order valence-electron chi connectivity index (χ3n) is 5.40. The minimum Gasteiger partial charge on any atom is -0.493 e. The van der Waals surface area contributed by atoms with E-state index < -0.39 is 5.97 Å². The van der Waals surface area contributed by atoms with Crippen molar-refractivity contribution < 1.29 is 23.8 Å². The van der Waals surface area contributed by atoms with E-state index in [4.69, 9.17) is 14.2 Å². The molecule has 1 aliphatic rings. The minimum atomic E-state index is -0.528. The van der Waals surface area contributed by atoms with Crippen molar-refractivity contribution in [2.24, 2.45) is 0 Å². The van der Waals surface area contributed by atoms with Crippen molar-refractivity contribution in [2.75, 3.05) is 21.3 Å². The lowest BCUT2D eigenvalue weighted by Crippen LogP contribution is -2.24. The zero-order valence-electron chi connectivity index (χ0n) is 18.1. The molecule has 0 atom stereocenters. The zero-order valence-corrected chi connectivity index (χ0v) is 18.1. The zero-order chi connectivity index (χ0) is 22.7. The fourth-order valence-corrected chi connectivity index (χ4v) is 3.89. The Hall–Kier alpha value is -4.06. The normalized spacial score (nSPS) is 14.1. The number of fused-ring (bicyclic) bond motifs is 1. The predicted octanol–water partition coefficient (Wildman–Crippen LogP) is 4.40. The summed E-state index contributed by atoms with van der Waals surface area (Å²) < 4.78 is 16.0. The van der Waals surface area contributed by atoms with Gasteiger partial charge >= 0.3 is 5.97 Å². The van der Waals surface area contributed by atoms with Gasteiger partial charge in [-0.15, -0.1) is 0 Å². The number of nitrogens with zero attached hydrogens (tertiary/aromatic N) is 1. The Bertz CT molecular complexity index is 1190. The Labute approximate surface area is 186 Å². The van der Waals surface area contributed by atoms with E-state index in [-0.39, 0.29) is 5.91 Å². The maximum absolute atomic E-state index is 13.6. The summed E-state index contributed by atoms with van der Waals surface area (Å²) in [5.41, 5.74) is 3.40. The SMILES string of the molecule is COC(=O)/C(=C1\c2cc(OC)c(OC)cc2C(=O)N1Cc1ccccc1)c1ccccc1. The van der Waals surface area contributed by atoms with Crippen LogP contribution in [0.5, 0.6) is 11.5 Å². The van der Waals surface area contributed by atoms with Crippen LogP contribution < -0.4 is 9.47 Å². The predicted molar refractivity (Wildman–Crippen MR) is 121 cm³/mol. The van der Waals surface area contributed by atoms with E-state index in [0.717, 1.165) is 5.56 Å². The van der Waals surface area contributed by atoms with Crippen molar-refractivity contribution in [3.63, 3.8) is 0 Å². The molecule has 1 amide bonds. The highest BCUT2D eigenvalue weighted by molar-refractivity contribution is 6.28. The first-order valence-corrected chi connectivity index (χ1v) is 10.1. The van der Waals surface area contributed by atoms with Crippen molar-refractivity contribution in [3.8, 4) is 11.5 Å². The number of hydrogen-bond acceptors (Lipinski definition) is 5. The van der Waals surface area contributed by atoms with Crippen LogP contribution >= 0.6 is 0 Å². The van der Waals surface area contributed by atoms with Crippen molar-refractivity contribution in [1.29, 1.82) is 0 Å². The highest BCUT2D eigenvalue weighted by atomic mass is 16.5. The lowest BCUT2D eigenvalue weighted by atomic mass is 9.98. The van der Waals surface area contributed by atoms with Gasteiger partial charge in [-0.2, -0.15) is 0 Å². The monoisotopic (exact) mass is 429 g/mol. The van der Waals surface area contributed by atoms with Gasteiger partial charge in [-0.1, -0.05) is 60.7 Å². The van der Waals surface area contributed by atoms with Crippen LogP contribution in [-0.2, 0) is 16.1 Å². The number of ether oxygens (including phenoxy) is 3. The molecule has 0 unspecified atom stereocenters. The number of benzene rings is 3. The summed E-state index contributed by atoms with van der Waals surface area (Å²) in [6, 6.07) is 22.2. The van der Waals surface area contributed by atoms with E-state index in [1.807, 2.05) is 60.7 Å². The second-order valence-corrected chi connectivity index (χ2v) is 7.21. The molecule has 1 heterocycles. The van der Waals surface area contributed by atoms with E-state index in [0.29, 0.717) is 46.0 Å². The van der Waals surface area contributed by atoms with Crippen LogP contribution in [0, 0.1) is 0 Å². The average molecular weight is 429 g/mol. The number of rotatable bonds is 6. The summed E-state index contributed by atoms with van der Waals surface area (Å²) in [6.45, 7) is 0.293. The van der Waals surface area contributed by atoms with Crippen molar-refractivity contribution >= 4 is 23.1 Å². The van der Waals surface area contributed by atoms with Gasteiger partial charge in [0.1, 0.15) is 0 Å². The fraction of sp³-hybridized carbons (Fsp3) is 0.154. The van der Waals surface area contributed by atoms with Crippen molar-refractivity contribution in [3.05, 3.63) is 95.1 Å². The molecular weight excluding hydrogens is 406 g/mol. The van der Waals surface area contributed by atoms with Crippen LogP contribution in [0.25, 0.3) is 11.3 Å². The topological polar surface area (TPSA) is 65.1 Å². The number of hydrogen-bond donors (Lipinski definition) is 0. The standard InChI is InChI=1S/C26H23NO5/c1-30-21-14-19-20(15-22(21)31-2)25(28)27(16-17-10-6-4-7-11-17)24(19)23(26(29)32-3)18-12-8-5-9-13-18/h4-15H,16H2,1-3H3/b24-23+. The van der Waals surface area contributed by atoms with E-state index in [1.54, 1.807) is 17.0 Å². The van der Waals surface area contributed by atoms with Gasteiger partial charge in [0.15, 0.2) is 11.5 Å². The largest absolute Gasteiger partial charge is 0.493 e. The second kappa shape index (κ2) is 8.98. The van der Waals surface area contributed by atoms with Crippen molar-refractivity contribution in [1.82, 2.24) is 4.90 Å². The van der Waals surface area contributed by atoms with Gasteiger partial charge in [0, 0.05) is 5.56 Å². The first-order chi connectivity index (χ1) is 15.6. The van der Waals surface area contributed by atoms with Crippen LogP contribution in [0.15, 0.2) is 72.8 Å². The molecule has 0 saturated carbocycles. The number of amides is 1. The summed E-state index contributed by atoms with van der Waals surface area (Å²) in [7, 11) is 4.39. The molecule has 1 aliphatic heterocycles. The lowest BCUT2D eigenvalue weighted by Gasteiger charge is -2.22. The summed E-state index contributed by atoms with van der Waals surface area (Å²) in [6.07, 6.45) is 0. The summed E-state index contributed by atoms with van der Waals surface area (Å²) in [4.78, 5) is 28.2. The molecular formula is C26H23NO5. The number of methoxy groups -OCH3 is 3. The molecule has 6 heteroatoms. The molecule has 3 aromatic rings. The number of esters is 1. The second-order valence-electron chi connectivity index (χ2n) is 7.21. The molecule has 0 spiro atoms. The van der Waals surface area contributed by atoms with Crippen LogP contribution in [0.4, 0.5) is 0 Å². The smallest absolute Gasteiger partial charge is 0.340 e.